The molecule has 2 heterocycles. The number of rotatable bonds is 4. The van der Waals surface area contributed by atoms with E-state index in [1.54, 1.807) is 21.2 Å². The van der Waals surface area contributed by atoms with Gasteiger partial charge in [-0.05, 0) is 38.5 Å². The molecule has 3 aromatic rings. The molecule has 1 aliphatic heterocycles. The van der Waals surface area contributed by atoms with Crippen LogP contribution in [0.3, 0.4) is 0 Å². The molecule has 4 rings (SSSR count). The second-order valence-corrected chi connectivity index (χ2v) is 9.66. The predicted octanol–water partition coefficient (Wildman–Crippen LogP) is 4.82. The number of thioether (sulfide) groups is 1. The van der Waals surface area contributed by atoms with Crippen LogP contribution < -0.4 is 5.56 Å². The third kappa shape index (κ3) is 5.05. The van der Waals surface area contributed by atoms with E-state index in [2.05, 4.69) is 12.1 Å². The molecule has 0 spiro atoms. The zero-order valence-corrected chi connectivity index (χ0v) is 19.4. The van der Waals surface area contributed by atoms with Gasteiger partial charge in [0, 0.05) is 18.7 Å². The van der Waals surface area contributed by atoms with Crippen molar-refractivity contribution in [1.82, 2.24) is 14.5 Å². The van der Waals surface area contributed by atoms with Crippen LogP contribution >= 0.6 is 11.8 Å². The third-order valence-corrected chi connectivity index (χ3v) is 6.09. The summed E-state index contributed by atoms with van der Waals surface area (Å²) in [6.07, 6.45) is 0.120. The van der Waals surface area contributed by atoms with Gasteiger partial charge in [0.25, 0.3) is 5.56 Å². The van der Waals surface area contributed by atoms with Gasteiger partial charge in [0.15, 0.2) is 5.16 Å². The molecule has 0 fully saturated rings. The lowest BCUT2D eigenvalue weighted by atomic mass is 10.1. The first kappa shape index (κ1) is 22.1. The molecule has 6 nitrogen and oxygen atoms in total. The van der Waals surface area contributed by atoms with E-state index in [-0.39, 0.29) is 12.1 Å². The van der Waals surface area contributed by atoms with Crippen molar-refractivity contribution in [1.29, 1.82) is 0 Å². The number of hydrogen-bond donors (Lipinski definition) is 0. The molecule has 1 aliphatic rings. The lowest BCUT2D eigenvalue weighted by Gasteiger charge is -2.31. The van der Waals surface area contributed by atoms with Crippen molar-refractivity contribution in [2.24, 2.45) is 0 Å². The van der Waals surface area contributed by atoms with Crippen LogP contribution in [0.4, 0.5) is 4.79 Å². The number of para-hydroxylation sites is 1. The van der Waals surface area contributed by atoms with Crippen LogP contribution in [0.25, 0.3) is 5.69 Å². The molecule has 0 bridgehead atoms. The Morgan fingerprint density at radius 3 is 2.38 bits per heavy atom. The Kier molecular flexibility index (Phi) is 6.37. The van der Waals surface area contributed by atoms with Gasteiger partial charge in [-0.1, -0.05) is 60.3 Å². The summed E-state index contributed by atoms with van der Waals surface area (Å²) in [4.78, 5) is 32.7. The van der Waals surface area contributed by atoms with E-state index in [0.717, 1.165) is 11.4 Å². The topological polar surface area (TPSA) is 64.4 Å². The van der Waals surface area contributed by atoms with Gasteiger partial charge in [-0.2, -0.15) is 0 Å². The van der Waals surface area contributed by atoms with Gasteiger partial charge in [-0.25, -0.2) is 9.78 Å². The monoisotopic (exact) mass is 449 g/mol. The van der Waals surface area contributed by atoms with Crippen molar-refractivity contribution in [3.05, 3.63) is 87.8 Å². The van der Waals surface area contributed by atoms with Gasteiger partial charge in [-0.3, -0.25) is 9.36 Å². The Morgan fingerprint density at radius 1 is 1.06 bits per heavy atom. The molecule has 1 aromatic heterocycles. The zero-order valence-electron chi connectivity index (χ0n) is 18.6. The Morgan fingerprint density at radius 2 is 1.72 bits per heavy atom. The predicted molar refractivity (Wildman–Crippen MR) is 126 cm³/mol. The smallest absolute Gasteiger partial charge is 0.410 e. The number of amides is 1. The fourth-order valence-corrected chi connectivity index (χ4v) is 4.54. The molecule has 0 N–H and O–H groups in total. The van der Waals surface area contributed by atoms with Crippen molar-refractivity contribution in [2.45, 2.75) is 50.2 Å². The summed E-state index contributed by atoms with van der Waals surface area (Å²) in [5.74, 6) is 0.711. The maximum absolute atomic E-state index is 13.6. The molecule has 1 amide bonds. The number of ether oxygens (including phenoxy) is 1. The molecule has 32 heavy (non-hydrogen) atoms. The van der Waals surface area contributed by atoms with Gasteiger partial charge in [0.2, 0.25) is 0 Å². The van der Waals surface area contributed by atoms with Crippen molar-refractivity contribution in [3.8, 4) is 5.69 Å². The van der Waals surface area contributed by atoms with Crippen LogP contribution in [0, 0.1) is 0 Å². The van der Waals surface area contributed by atoms with E-state index in [1.807, 2.05) is 69.3 Å². The summed E-state index contributed by atoms with van der Waals surface area (Å²) in [6, 6.07) is 19.7. The van der Waals surface area contributed by atoms with Gasteiger partial charge < -0.3 is 9.64 Å². The minimum absolute atomic E-state index is 0.134. The lowest BCUT2D eigenvalue weighted by Crippen LogP contribution is -2.43. The van der Waals surface area contributed by atoms with E-state index >= 15 is 0 Å². The first-order valence-electron chi connectivity index (χ1n) is 10.7. The fraction of sp³-hybridized carbons (Fsp3) is 0.320. The van der Waals surface area contributed by atoms with Crippen molar-refractivity contribution >= 4 is 17.9 Å². The van der Waals surface area contributed by atoms with E-state index in [1.165, 1.54) is 5.56 Å². The van der Waals surface area contributed by atoms with E-state index in [0.29, 0.717) is 29.4 Å². The number of fused-ring (bicyclic) bond motifs is 1. The Labute approximate surface area is 192 Å². The van der Waals surface area contributed by atoms with Gasteiger partial charge >= 0.3 is 6.09 Å². The number of hydrogen-bond acceptors (Lipinski definition) is 5. The van der Waals surface area contributed by atoms with Crippen LogP contribution in [0.1, 0.15) is 37.6 Å². The SMILES string of the molecule is CC(C)(C)OC(=O)N1CCc2nc(SCc3ccccc3)n(-c3ccccc3)c(=O)c2C1. The Bertz CT molecular complexity index is 1150. The number of carbonyl (C=O) groups excluding carboxylic acids is 1. The summed E-state index contributed by atoms with van der Waals surface area (Å²) < 4.78 is 7.17. The first-order chi connectivity index (χ1) is 15.3. The van der Waals surface area contributed by atoms with Gasteiger partial charge in [0.1, 0.15) is 5.60 Å². The van der Waals surface area contributed by atoms with Gasteiger partial charge in [-0.15, -0.1) is 0 Å². The molecule has 0 saturated heterocycles. The minimum atomic E-state index is -0.586. The number of aromatic nitrogens is 2. The summed E-state index contributed by atoms with van der Waals surface area (Å²) in [5.41, 5.74) is 2.52. The third-order valence-electron chi connectivity index (χ3n) is 5.08. The Balaban J connectivity index is 1.70. The fourth-order valence-electron chi connectivity index (χ4n) is 3.56. The first-order valence-corrected chi connectivity index (χ1v) is 11.7. The van der Waals surface area contributed by atoms with E-state index in [4.69, 9.17) is 9.72 Å². The number of carbonyl (C=O) groups is 1. The van der Waals surface area contributed by atoms with Crippen LogP contribution in [0.2, 0.25) is 0 Å². The summed E-state index contributed by atoms with van der Waals surface area (Å²) in [6.45, 7) is 6.19. The summed E-state index contributed by atoms with van der Waals surface area (Å²) in [7, 11) is 0. The normalized spacial score (nSPS) is 13.5. The van der Waals surface area contributed by atoms with Crippen LogP contribution in [-0.4, -0.2) is 32.7 Å². The molecule has 0 saturated carbocycles. The quantitative estimate of drug-likeness (QED) is 0.422. The standard InChI is InChI=1S/C25H27N3O3S/c1-25(2,3)31-24(30)27-15-14-21-20(16-27)22(29)28(19-12-8-5-9-13-19)23(26-21)32-17-18-10-6-4-7-11-18/h4-13H,14-17H2,1-3H3. The molecule has 0 aliphatic carbocycles. The lowest BCUT2D eigenvalue weighted by molar-refractivity contribution is 0.0221. The molecule has 7 heteroatoms. The molecule has 0 unspecified atom stereocenters. The molecule has 0 radical (unpaired) electrons. The van der Waals surface area contributed by atoms with Crippen LogP contribution in [0.5, 0.6) is 0 Å². The van der Waals surface area contributed by atoms with Crippen molar-refractivity contribution < 1.29 is 9.53 Å². The Hall–Kier alpha value is -3.06. The van der Waals surface area contributed by atoms with Crippen molar-refractivity contribution in [2.75, 3.05) is 6.54 Å². The second kappa shape index (κ2) is 9.20. The molecule has 0 atom stereocenters. The highest BCUT2D eigenvalue weighted by atomic mass is 32.2. The van der Waals surface area contributed by atoms with Crippen LogP contribution in [0.15, 0.2) is 70.6 Å². The molecule has 2 aromatic carbocycles. The number of benzene rings is 2. The second-order valence-electron chi connectivity index (χ2n) is 8.72. The van der Waals surface area contributed by atoms with Crippen molar-refractivity contribution in [3.63, 3.8) is 0 Å². The minimum Gasteiger partial charge on any atom is -0.444 e. The molecular weight excluding hydrogens is 422 g/mol. The summed E-state index contributed by atoms with van der Waals surface area (Å²) in [5, 5.41) is 0.662. The average Bonchev–Trinajstić information content (AvgIpc) is 2.77. The van der Waals surface area contributed by atoms with E-state index in [9.17, 15) is 9.59 Å². The highest BCUT2D eigenvalue weighted by Gasteiger charge is 2.29. The highest BCUT2D eigenvalue weighted by molar-refractivity contribution is 7.98. The molecular formula is C25H27N3O3S. The average molecular weight is 450 g/mol. The van der Waals surface area contributed by atoms with Crippen LogP contribution in [-0.2, 0) is 23.5 Å². The summed E-state index contributed by atoms with van der Waals surface area (Å²) >= 11 is 1.54. The zero-order chi connectivity index (χ0) is 22.7. The number of nitrogens with zero attached hydrogens (tertiary/aromatic N) is 3. The maximum Gasteiger partial charge on any atom is 0.410 e. The highest BCUT2D eigenvalue weighted by Crippen LogP contribution is 2.26. The van der Waals surface area contributed by atoms with E-state index < -0.39 is 11.7 Å². The van der Waals surface area contributed by atoms with Gasteiger partial charge in [0.05, 0.1) is 23.5 Å². The molecule has 166 valence electrons. The maximum atomic E-state index is 13.6. The largest absolute Gasteiger partial charge is 0.444 e.